The van der Waals surface area contributed by atoms with Crippen LogP contribution in [-0.2, 0) is 5.41 Å². The Morgan fingerprint density at radius 1 is 0.969 bits per heavy atom. The van der Waals surface area contributed by atoms with Gasteiger partial charge in [-0.2, -0.15) is 0 Å². The molecule has 0 bridgehead atoms. The van der Waals surface area contributed by atoms with Gasteiger partial charge in [0.2, 0.25) is 5.76 Å². The summed E-state index contributed by atoms with van der Waals surface area (Å²) in [6.45, 7) is 10.1. The molecule has 0 aliphatic carbocycles. The number of nitrogens with zero attached hydrogens (tertiary/aromatic N) is 2. The molecule has 0 unspecified atom stereocenters. The monoisotopic (exact) mass is 428 g/mol. The minimum atomic E-state index is -0.655. The lowest BCUT2D eigenvalue weighted by molar-refractivity contribution is 0.0969. The molecule has 4 aromatic rings. The molecular weight excluding hydrogens is 404 g/mol. The zero-order valence-electron chi connectivity index (χ0n) is 18.7. The van der Waals surface area contributed by atoms with Crippen molar-refractivity contribution in [1.29, 1.82) is 0 Å². The summed E-state index contributed by atoms with van der Waals surface area (Å²) in [7, 11) is 0. The third kappa shape index (κ3) is 3.06. The highest BCUT2D eigenvalue weighted by Gasteiger charge is 2.45. The standard InChI is InChI=1S/C26H24N2O4/c1-14-6-11-19-18(12-14)23(29)21-22(16-7-9-17(10-8-16)26(3,4)5)28(25(30)24(21)31-19)20-13-15(2)32-27-20/h6-13,22H,1-5H3/t22-/m1/s1. The molecule has 2 aromatic carbocycles. The van der Waals surface area contributed by atoms with Crippen molar-refractivity contribution in [2.45, 2.75) is 46.1 Å². The molecular formula is C26H24N2O4. The quantitative estimate of drug-likeness (QED) is 0.425. The Hall–Kier alpha value is -3.67. The molecule has 1 aliphatic heterocycles. The van der Waals surface area contributed by atoms with Crippen LogP contribution in [0.3, 0.4) is 0 Å². The maximum absolute atomic E-state index is 13.6. The van der Waals surface area contributed by atoms with Crippen molar-refractivity contribution in [2.75, 3.05) is 4.90 Å². The third-order valence-corrected chi connectivity index (χ3v) is 5.98. The Kier molecular flexibility index (Phi) is 4.38. The van der Waals surface area contributed by atoms with Crippen LogP contribution in [0.2, 0.25) is 0 Å². The molecule has 5 rings (SSSR count). The van der Waals surface area contributed by atoms with Gasteiger partial charge in [0.15, 0.2) is 11.2 Å². The first-order valence-electron chi connectivity index (χ1n) is 10.6. The summed E-state index contributed by atoms with van der Waals surface area (Å²) in [5, 5.41) is 4.53. The second-order valence-electron chi connectivity index (χ2n) is 9.42. The minimum absolute atomic E-state index is 0.0163. The molecule has 0 saturated heterocycles. The van der Waals surface area contributed by atoms with E-state index < -0.39 is 11.9 Å². The van der Waals surface area contributed by atoms with E-state index in [1.165, 1.54) is 4.90 Å². The molecule has 1 aliphatic rings. The van der Waals surface area contributed by atoms with Crippen molar-refractivity contribution in [3.63, 3.8) is 0 Å². The van der Waals surface area contributed by atoms with Gasteiger partial charge in [0.1, 0.15) is 11.3 Å². The van der Waals surface area contributed by atoms with E-state index >= 15 is 0 Å². The summed E-state index contributed by atoms with van der Waals surface area (Å²) in [5.74, 6) is 0.573. The normalized spacial score (nSPS) is 16.1. The average Bonchev–Trinajstić information content (AvgIpc) is 3.29. The lowest BCUT2D eigenvalue weighted by Crippen LogP contribution is -2.29. The highest BCUT2D eigenvalue weighted by atomic mass is 16.5. The predicted octanol–water partition coefficient (Wildman–Crippen LogP) is 5.45. The van der Waals surface area contributed by atoms with Crippen LogP contribution in [0.25, 0.3) is 11.0 Å². The highest BCUT2D eigenvalue weighted by Crippen LogP contribution is 2.41. The van der Waals surface area contributed by atoms with Crippen LogP contribution in [0, 0.1) is 13.8 Å². The van der Waals surface area contributed by atoms with Gasteiger partial charge in [-0.1, -0.05) is 61.8 Å². The number of carbonyl (C=O) groups excluding carboxylic acids is 1. The van der Waals surface area contributed by atoms with Gasteiger partial charge in [-0.05, 0) is 42.5 Å². The molecule has 0 N–H and O–H groups in total. The first-order chi connectivity index (χ1) is 15.1. The van der Waals surface area contributed by atoms with Gasteiger partial charge in [0.05, 0.1) is 17.0 Å². The number of rotatable bonds is 2. The van der Waals surface area contributed by atoms with E-state index in [4.69, 9.17) is 8.94 Å². The Morgan fingerprint density at radius 3 is 2.31 bits per heavy atom. The minimum Gasteiger partial charge on any atom is -0.450 e. The van der Waals surface area contributed by atoms with Crippen molar-refractivity contribution >= 4 is 22.7 Å². The molecule has 1 amide bonds. The summed E-state index contributed by atoms with van der Waals surface area (Å²) < 4.78 is 11.2. The lowest BCUT2D eigenvalue weighted by atomic mass is 9.86. The number of carbonyl (C=O) groups is 1. The van der Waals surface area contributed by atoms with Crippen LogP contribution in [0.5, 0.6) is 0 Å². The van der Waals surface area contributed by atoms with E-state index in [1.54, 1.807) is 25.1 Å². The van der Waals surface area contributed by atoms with Gasteiger partial charge in [0, 0.05) is 6.07 Å². The van der Waals surface area contributed by atoms with E-state index in [1.807, 2.05) is 37.3 Å². The fourth-order valence-electron chi connectivity index (χ4n) is 4.27. The number of aromatic nitrogens is 1. The molecule has 0 spiro atoms. The molecule has 6 heteroatoms. The molecule has 0 fully saturated rings. The number of hydrogen-bond donors (Lipinski definition) is 0. The topological polar surface area (TPSA) is 76.6 Å². The van der Waals surface area contributed by atoms with Gasteiger partial charge >= 0.3 is 0 Å². The maximum atomic E-state index is 13.6. The average molecular weight is 428 g/mol. The van der Waals surface area contributed by atoms with Crippen molar-refractivity contribution in [1.82, 2.24) is 5.16 Å². The van der Waals surface area contributed by atoms with Gasteiger partial charge in [-0.3, -0.25) is 14.5 Å². The summed E-state index contributed by atoms with van der Waals surface area (Å²) in [4.78, 5) is 28.6. The van der Waals surface area contributed by atoms with Crippen LogP contribution in [0.1, 0.15) is 65.4 Å². The number of aryl methyl sites for hydroxylation is 2. The van der Waals surface area contributed by atoms with Crippen molar-refractivity contribution in [3.8, 4) is 0 Å². The van der Waals surface area contributed by atoms with Crippen molar-refractivity contribution < 1.29 is 13.7 Å². The van der Waals surface area contributed by atoms with E-state index in [9.17, 15) is 9.59 Å². The lowest BCUT2D eigenvalue weighted by Gasteiger charge is -2.24. The van der Waals surface area contributed by atoms with Crippen LogP contribution >= 0.6 is 0 Å². The molecule has 2 aromatic heterocycles. The van der Waals surface area contributed by atoms with Crippen molar-refractivity contribution in [2.24, 2.45) is 0 Å². The predicted molar refractivity (Wildman–Crippen MR) is 122 cm³/mol. The number of amides is 1. The molecule has 162 valence electrons. The summed E-state index contributed by atoms with van der Waals surface area (Å²) in [5.41, 5.74) is 3.43. The number of hydrogen-bond acceptors (Lipinski definition) is 5. The number of benzene rings is 2. The first kappa shape index (κ1) is 20.2. The van der Waals surface area contributed by atoms with Crippen molar-refractivity contribution in [3.05, 3.63) is 92.5 Å². The zero-order chi connectivity index (χ0) is 22.8. The second kappa shape index (κ2) is 6.92. The summed E-state index contributed by atoms with van der Waals surface area (Å²) in [6.07, 6.45) is 0. The molecule has 3 heterocycles. The van der Waals surface area contributed by atoms with E-state index in [0.29, 0.717) is 28.1 Å². The first-order valence-corrected chi connectivity index (χ1v) is 10.6. The van der Waals surface area contributed by atoms with Crippen LogP contribution in [0.15, 0.2) is 62.3 Å². The van der Waals surface area contributed by atoms with Gasteiger partial charge < -0.3 is 8.94 Å². The van der Waals surface area contributed by atoms with Crippen LogP contribution in [0.4, 0.5) is 5.82 Å². The molecule has 32 heavy (non-hydrogen) atoms. The molecule has 0 radical (unpaired) electrons. The smallest absolute Gasteiger partial charge is 0.296 e. The SMILES string of the molecule is Cc1ccc2oc3c(c(=O)c2c1)[C@@H](c1ccc(C(C)(C)C)cc1)N(c1cc(C)on1)C3=O. The molecule has 1 atom stereocenters. The summed E-state index contributed by atoms with van der Waals surface area (Å²) in [6, 6.07) is 14.4. The molecule has 0 saturated carbocycles. The highest BCUT2D eigenvalue weighted by molar-refractivity contribution is 6.10. The third-order valence-electron chi connectivity index (χ3n) is 5.98. The van der Waals surface area contributed by atoms with Crippen LogP contribution in [-0.4, -0.2) is 11.1 Å². The van der Waals surface area contributed by atoms with Gasteiger partial charge in [-0.25, -0.2) is 0 Å². The second-order valence-corrected chi connectivity index (χ2v) is 9.42. The number of fused-ring (bicyclic) bond motifs is 2. The van der Waals surface area contributed by atoms with Gasteiger partial charge in [-0.15, -0.1) is 0 Å². The van der Waals surface area contributed by atoms with E-state index in [2.05, 4.69) is 25.9 Å². The Balaban J connectivity index is 1.77. The zero-order valence-corrected chi connectivity index (χ0v) is 18.7. The van der Waals surface area contributed by atoms with Crippen LogP contribution < -0.4 is 10.3 Å². The molecule has 6 nitrogen and oxygen atoms in total. The Labute approximate surface area is 185 Å². The van der Waals surface area contributed by atoms with E-state index in [0.717, 1.165) is 16.7 Å². The fraction of sp³-hybridized carbons (Fsp3) is 0.269. The maximum Gasteiger partial charge on any atom is 0.296 e. The number of anilines is 1. The fourth-order valence-corrected chi connectivity index (χ4v) is 4.27. The Morgan fingerprint density at radius 2 is 1.69 bits per heavy atom. The van der Waals surface area contributed by atoms with Gasteiger partial charge in [0.25, 0.3) is 5.91 Å². The summed E-state index contributed by atoms with van der Waals surface area (Å²) >= 11 is 0. The largest absolute Gasteiger partial charge is 0.450 e. The Bertz CT molecular complexity index is 1420. The van der Waals surface area contributed by atoms with E-state index in [-0.39, 0.29) is 16.6 Å².